The van der Waals surface area contributed by atoms with E-state index in [1.165, 1.54) is 31.4 Å². The smallest absolute Gasteiger partial charge is 0.179 e. The lowest BCUT2D eigenvalue weighted by Crippen LogP contribution is -2.03. The topological polar surface area (TPSA) is 38.5 Å². The summed E-state index contributed by atoms with van der Waals surface area (Å²) in [6, 6.07) is 0. The van der Waals surface area contributed by atoms with Gasteiger partial charge in [0.1, 0.15) is 5.52 Å². The van der Waals surface area contributed by atoms with E-state index in [-0.39, 0.29) is 0 Å². The Morgan fingerprint density at radius 2 is 2.00 bits per heavy atom. The number of unbranched alkanes of at least 4 members (excludes halogenated alkanes) is 3. The minimum Gasteiger partial charge on any atom is -0.328 e. The number of aryl methyl sites for hydroxylation is 3. The minimum atomic E-state index is 0.833. The second-order valence-corrected chi connectivity index (χ2v) is 6.88. The molecule has 0 aliphatic heterocycles. The first kappa shape index (κ1) is 16.6. The molecule has 2 rings (SSSR count). The van der Waals surface area contributed by atoms with Crippen LogP contribution >= 0.6 is 24.0 Å². The summed E-state index contributed by atoms with van der Waals surface area (Å²) in [6.07, 6.45) is 9.37. The first-order valence-corrected chi connectivity index (χ1v) is 9.62. The molecule has 0 saturated carbocycles. The maximum Gasteiger partial charge on any atom is 0.179 e. The van der Waals surface area contributed by atoms with E-state index < -0.39 is 0 Å². The monoisotopic (exact) mass is 326 g/mol. The fraction of sp³-hybridized carbons (Fsp3) is 0.733. The van der Waals surface area contributed by atoms with Gasteiger partial charge < -0.3 is 9.55 Å². The summed E-state index contributed by atoms with van der Waals surface area (Å²) in [7, 11) is 2.01. The number of aromatic amines is 1. The van der Waals surface area contributed by atoms with Gasteiger partial charge in [-0.3, -0.25) is 4.68 Å². The summed E-state index contributed by atoms with van der Waals surface area (Å²) < 4.78 is 5.02. The molecule has 2 heterocycles. The van der Waals surface area contributed by atoms with Crippen LogP contribution in [0, 0.1) is 4.77 Å². The van der Waals surface area contributed by atoms with Crippen LogP contribution in [0.5, 0.6) is 0 Å². The summed E-state index contributed by atoms with van der Waals surface area (Å²) in [5.74, 6) is 1.27. The molecule has 0 atom stereocenters. The summed E-state index contributed by atoms with van der Waals surface area (Å²) >= 11 is 7.43. The van der Waals surface area contributed by atoms with Gasteiger partial charge in [0.15, 0.2) is 10.4 Å². The first-order chi connectivity index (χ1) is 10.2. The zero-order valence-electron chi connectivity index (χ0n) is 13.3. The molecule has 0 fully saturated rings. The van der Waals surface area contributed by atoms with E-state index in [2.05, 4.69) is 27.8 Å². The summed E-state index contributed by atoms with van der Waals surface area (Å²) in [5, 5.41) is 4.63. The normalized spacial score (nSPS) is 11.6. The third kappa shape index (κ3) is 3.92. The Balaban J connectivity index is 2.06. The van der Waals surface area contributed by atoms with Crippen LogP contribution < -0.4 is 0 Å². The number of fused-ring (bicyclic) bond motifs is 1. The maximum absolute atomic E-state index is 5.49. The lowest BCUT2D eigenvalue weighted by Gasteiger charge is -2.05. The predicted molar refractivity (Wildman–Crippen MR) is 94.7 cm³/mol. The molecule has 0 radical (unpaired) electrons. The van der Waals surface area contributed by atoms with Crippen molar-refractivity contribution in [1.29, 1.82) is 0 Å². The highest BCUT2D eigenvalue weighted by molar-refractivity contribution is 7.98. The Morgan fingerprint density at radius 1 is 1.24 bits per heavy atom. The van der Waals surface area contributed by atoms with Crippen molar-refractivity contribution >= 4 is 35.1 Å². The van der Waals surface area contributed by atoms with Gasteiger partial charge in [-0.15, -0.1) is 0 Å². The second-order valence-electron chi connectivity index (χ2n) is 5.51. The molecule has 0 aliphatic rings. The van der Waals surface area contributed by atoms with Gasteiger partial charge >= 0.3 is 0 Å². The SMILES string of the molecule is CCCc1nn(C)c2c1[nH]c(=S)n2CCCCCCSC. The molecular formula is C15H26N4S2. The van der Waals surface area contributed by atoms with E-state index >= 15 is 0 Å². The number of aromatic nitrogens is 4. The summed E-state index contributed by atoms with van der Waals surface area (Å²) in [4.78, 5) is 3.35. The molecule has 0 aliphatic carbocycles. The van der Waals surface area contributed by atoms with Gasteiger partial charge in [0, 0.05) is 13.6 Å². The number of nitrogens with one attached hydrogen (secondary N) is 1. The van der Waals surface area contributed by atoms with E-state index in [4.69, 9.17) is 12.2 Å². The van der Waals surface area contributed by atoms with Crippen LogP contribution in [-0.4, -0.2) is 31.3 Å². The molecule has 0 unspecified atom stereocenters. The van der Waals surface area contributed by atoms with Gasteiger partial charge in [-0.25, -0.2) is 0 Å². The molecule has 1 N–H and O–H groups in total. The average Bonchev–Trinajstić information content (AvgIpc) is 2.93. The fourth-order valence-electron chi connectivity index (χ4n) is 2.77. The van der Waals surface area contributed by atoms with Gasteiger partial charge in [0.05, 0.1) is 5.69 Å². The molecule has 2 aromatic rings. The number of thioether (sulfide) groups is 1. The summed E-state index contributed by atoms with van der Waals surface area (Å²) in [5.41, 5.74) is 3.42. The van der Waals surface area contributed by atoms with Gasteiger partial charge in [-0.05, 0) is 43.5 Å². The zero-order chi connectivity index (χ0) is 15.2. The largest absolute Gasteiger partial charge is 0.328 e. The van der Waals surface area contributed by atoms with Crippen LogP contribution in [0.2, 0.25) is 0 Å². The molecule has 0 bridgehead atoms. The molecule has 0 spiro atoms. The Hall–Kier alpha value is -0.750. The zero-order valence-corrected chi connectivity index (χ0v) is 14.9. The third-order valence-electron chi connectivity index (χ3n) is 3.79. The Morgan fingerprint density at radius 3 is 2.71 bits per heavy atom. The van der Waals surface area contributed by atoms with E-state index in [1.807, 2.05) is 23.5 Å². The number of hydrogen-bond acceptors (Lipinski definition) is 3. The number of hydrogen-bond donors (Lipinski definition) is 1. The highest BCUT2D eigenvalue weighted by atomic mass is 32.2. The maximum atomic E-state index is 5.49. The van der Waals surface area contributed by atoms with Gasteiger partial charge in [0.2, 0.25) is 0 Å². The van der Waals surface area contributed by atoms with Crippen molar-refractivity contribution in [2.24, 2.45) is 7.05 Å². The van der Waals surface area contributed by atoms with Crippen molar-refractivity contribution in [3.63, 3.8) is 0 Å². The van der Waals surface area contributed by atoms with E-state index in [0.717, 1.165) is 41.0 Å². The average molecular weight is 327 g/mol. The highest BCUT2D eigenvalue weighted by Crippen LogP contribution is 2.19. The molecule has 4 nitrogen and oxygen atoms in total. The lowest BCUT2D eigenvalue weighted by atomic mass is 10.2. The van der Waals surface area contributed by atoms with E-state index in [9.17, 15) is 0 Å². The van der Waals surface area contributed by atoms with Crippen molar-refractivity contribution < 1.29 is 0 Å². The number of nitrogens with zero attached hydrogens (tertiary/aromatic N) is 3. The van der Waals surface area contributed by atoms with Gasteiger partial charge in [-0.2, -0.15) is 16.9 Å². The highest BCUT2D eigenvalue weighted by Gasteiger charge is 2.14. The molecular weight excluding hydrogens is 300 g/mol. The molecule has 2 aromatic heterocycles. The Labute approximate surface area is 136 Å². The standard InChI is InChI=1S/C15H26N4S2/c1-4-9-12-13-14(18(2)17-12)19(15(20)16-13)10-7-5-6-8-11-21-3/h4-11H2,1-3H3,(H,16,20). The molecule has 0 amide bonds. The van der Waals surface area contributed by atoms with Crippen molar-refractivity contribution in [2.45, 2.75) is 52.0 Å². The van der Waals surface area contributed by atoms with Crippen LogP contribution in [0.15, 0.2) is 0 Å². The van der Waals surface area contributed by atoms with Gasteiger partial charge in [0.25, 0.3) is 0 Å². The summed E-state index contributed by atoms with van der Waals surface area (Å²) in [6.45, 7) is 3.17. The molecule has 0 aromatic carbocycles. The predicted octanol–water partition coefficient (Wildman–Crippen LogP) is 4.31. The van der Waals surface area contributed by atoms with Crippen LogP contribution in [-0.2, 0) is 20.0 Å². The molecule has 118 valence electrons. The van der Waals surface area contributed by atoms with Crippen LogP contribution in [0.4, 0.5) is 0 Å². The molecule has 0 saturated heterocycles. The van der Waals surface area contributed by atoms with Gasteiger partial charge in [-0.1, -0.05) is 26.2 Å². The Kier molecular flexibility index (Phi) is 6.36. The van der Waals surface area contributed by atoms with E-state index in [1.54, 1.807) is 0 Å². The molecule has 6 heteroatoms. The van der Waals surface area contributed by atoms with Crippen molar-refractivity contribution in [3.05, 3.63) is 10.5 Å². The van der Waals surface area contributed by atoms with Crippen molar-refractivity contribution in [2.75, 3.05) is 12.0 Å². The first-order valence-electron chi connectivity index (χ1n) is 7.82. The minimum absolute atomic E-state index is 0.833. The van der Waals surface area contributed by atoms with Crippen LogP contribution in [0.1, 0.15) is 44.7 Å². The number of H-pyrrole nitrogens is 1. The van der Waals surface area contributed by atoms with Crippen LogP contribution in [0.3, 0.4) is 0 Å². The molecule has 21 heavy (non-hydrogen) atoms. The number of imidazole rings is 1. The second kappa shape index (κ2) is 8.03. The van der Waals surface area contributed by atoms with Crippen molar-refractivity contribution in [1.82, 2.24) is 19.3 Å². The van der Waals surface area contributed by atoms with E-state index in [0.29, 0.717) is 0 Å². The van der Waals surface area contributed by atoms with Crippen LogP contribution in [0.25, 0.3) is 11.2 Å². The number of rotatable bonds is 9. The Bertz CT molecular complexity index is 623. The third-order valence-corrected chi connectivity index (χ3v) is 4.81. The lowest BCUT2D eigenvalue weighted by molar-refractivity contribution is 0.577. The fourth-order valence-corrected chi connectivity index (χ4v) is 3.54. The quantitative estimate of drug-likeness (QED) is 0.551. The van der Waals surface area contributed by atoms with Crippen molar-refractivity contribution in [3.8, 4) is 0 Å².